The van der Waals surface area contributed by atoms with Crippen molar-refractivity contribution in [3.8, 4) is 39.9 Å². The van der Waals surface area contributed by atoms with Gasteiger partial charge in [0.25, 0.3) is 0 Å². The lowest BCUT2D eigenvalue weighted by molar-refractivity contribution is 0.673. The van der Waals surface area contributed by atoms with Crippen molar-refractivity contribution in [2.45, 2.75) is 0 Å². The molecule has 9 aromatic carbocycles. The first-order valence-corrected chi connectivity index (χ1v) is 18.9. The summed E-state index contributed by atoms with van der Waals surface area (Å²) in [6.45, 7) is 0. The van der Waals surface area contributed by atoms with E-state index in [1.54, 1.807) is 0 Å². The molecule has 12 aromatic rings. The van der Waals surface area contributed by atoms with Gasteiger partial charge >= 0.3 is 0 Å². The van der Waals surface area contributed by atoms with Crippen molar-refractivity contribution in [1.82, 2.24) is 19.5 Å². The fourth-order valence-corrected chi connectivity index (χ4v) is 8.82. The van der Waals surface area contributed by atoms with Crippen LogP contribution in [0.1, 0.15) is 0 Å². The van der Waals surface area contributed by atoms with Crippen LogP contribution in [0.25, 0.3) is 116 Å². The smallest absolute Gasteiger partial charge is 0.164 e. The molecule has 0 aliphatic rings. The number of hydrogen-bond donors (Lipinski definition) is 0. The Morgan fingerprint density at radius 2 is 0.893 bits per heavy atom. The van der Waals surface area contributed by atoms with E-state index < -0.39 is 0 Å². The number of fused-ring (bicyclic) bond motifs is 13. The first-order chi connectivity index (χ1) is 27.8. The molecule has 0 fully saturated rings. The van der Waals surface area contributed by atoms with Gasteiger partial charge in [0.05, 0.1) is 22.1 Å². The summed E-state index contributed by atoms with van der Waals surface area (Å²) in [5, 5.41) is 11.4. The third-order valence-corrected chi connectivity index (χ3v) is 11.2. The van der Waals surface area contributed by atoms with Crippen LogP contribution in [0, 0.1) is 0 Å². The topological polar surface area (TPSA) is 56.7 Å². The summed E-state index contributed by atoms with van der Waals surface area (Å²) >= 11 is 0. The maximum absolute atomic E-state index is 6.67. The van der Waals surface area contributed by atoms with Crippen molar-refractivity contribution in [2.24, 2.45) is 0 Å². The molecule has 3 aromatic heterocycles. The molecule has 0 N–H and O–H groups in total. The Hall–Kier alpha value is -7.63. The van der Waals surface area contributed by atoms with Gasteiger partial charge in [0.15, 0.2) is 17.5 Å². The molecule has 0 aliphatic carbocycles. The number of hydrogen-bond acceptors (Lipinski definition) is 4. The zero-order chi connectivity index (χ0) is 36.7. The molecule has 5 nitrogen and oxygen atoms in total. The largest absolute Gasteiger partial charge is 0.455 e. The zero-order valence-electron chi connectivity index (χ0n) is 30.0. The molecule has 0 unspecified atom stereocenters. The van der Waals surface area contributed by atoms with Gasteiger partial charge in [-0.25, -0.2) is 15.0 Å². The highest BCUT2D eigenvalue weighted by atomic mass is 16.3. The number of aromatic nitrogens is 4. The third-order valence-electron chi connectivity index (χ3n) is 11.2. The van der Waals surface area contributed by atoms with Crippen LogP contribution < -0.4 is 0 Å². The lowest BCUT2D eigenvalue weighted by atomic mass is 9.90. The molecular formula is C51H30N4O. The van der Waals surface area contributed by atoms with Gasteiger partial charge in [0.1, 0.15) is 11.2 Å². The summed E-state index contributed by atoms with van der Waals surface area (Å²) in [6.07, 6.45) is 0. The molecule has 3 heterocycles. The van der Waals surface area contributed by atoms with Crippen LogP contribution >= 0.6 is 0 Å². The zero-order valence-corrected chi connectivity index (χ0v) is 30.0. The van der Waals surface area contributed by atoms with Crippen molar-refractivity contribution in [1.29, 1.82) is 0 Å². The monoisotopic (exact) mass is 714 g/mol. The molecule has 0 radical (unpaired) electrons. The van der Waals surface area contributed by atoms with E-state index in [0.717, 1.165) is 87.7 Å². The predicted molar refractivity (Wildman–Crippen MR) is 230 cm³/mol. The van der Waals surface area contributed by atoms with Crippen LogP contribution in [0.3, 0.4) is 0 Å². The molecule has 0 bridgehead atoms. The molecule has 0 amide bonds. The standard InChI is InChI=1S/C51H30N4O/c1-3-15-31(16-4-1)49-52-50(32-17-5-2-6-18-32)54-51(53-49)40-25-13-23-36-33-19-7-8-20-34(33)37-24-14-27-42(46(37)45(36)40)55-41-26-11-9-22-39(41)47-43(55)30-29-38-35-21-10-12-28-44(35)56-48(38)47/h1-30H. The second kappa shape index (κ2) is 11.9. The van der Waals surface area contributed by atoms with Crippen LogP contribution in [0.4, 0.5) is 0 Å². The Morgan fingerprint density at radius 1 is 0.339 bits per heavy atom. The van der Waals surface area contributed by atoms with Crippen LogP contribution in [-0.2, 0) is 0 Å². The highest BCUT2D eigenvalue weighted by molar-refractivity contribution is 6.31. The molecule has 56 heavy (non-hydrogen) atoms. The molecule has 5 heteroatoms. The van der Waals surface area contributed by atoms with Crippen LogP contribution in [0.2, 0.25) is 0 Å². The first-order valence-electron chi connectivity index (χ1n) is 18.9. The summed E-state index contributed by atoms with van der Waals surface area (Å²) in [5.74, 6) is 1.89. The molecule has 0 atom stereocenters. The van der Waals surface area contributed by atoms with Crippen LogP contribution in [0.5, 0.6) is 0 Å². The summed E-state index contributed by atoms with van der Waals surface area (Å²) in [7, 11) is 0. The third kappa shape index (κ3) is 4.46. The maximum atomic E-state index is 6.67. The van der Waals surface area contributed by atoms with E-state index in [0.29, 0.717) is 17.5 Å². The molecule has 0 spiro atoms. The fourth-order valence-electron chi connectivity index (χ4n) is 8.82. The van der Waals surface area contributed by atoms with Gasteiger partial charge < -0.3 is 8.98 Å². The lowest BCUT2D eigenvalue weighted by Crippen LogP contribution is -2.01. The van der Waals surface area contributed by atoms with Gasteiger partial charge in [-0.2, -0.15) is 0 Å². The van der Waals surface area contributed by atoms with Crippen LogP contribution in [0.15, 0.2) is 186 Å². The van der Waals surface area contributed by atoms with E-state index in [4.69, 9.17) is 19.4 Å². The lowest BCUT2D eigenvalue weighted by Gasteiger charge is -2.18. The summed E-state index contributed by atoms with van der Waals surface area (Å²) < 4.78 is 9.09. The van der Waals surface area contributed by atoms with E-state index in [9.17, 15) is 0 Å². The van der Waals surface area contributed by atoms with E-state index in [-0.39, 0.29) is 0 Å². The van der Waals surface area contributed by atoms with E-state index in [1.165, 1.54) is 10.8 Å². The highest BCUT2D eigenvalue weighted by Gasteiger charge is 2.23. The minimum Gasteiger partial charge on any atom is -0.455 e. The second-order valence-corrected chi connectivity index (χ2v) is 14.3. The Morgan fingerprint density at radius 3 is 1.61 bits per heavy atom. The highest BCUT2D eigenvalue weighted by Crippen LogP contribution is 2.46. The molecular weight excluding hydrogens is 685 g/mol. The Kier molecular flexibility index (Phi) is 6.56. The van der Waals surface area contributed by atoms with Gasteiger partial charge in [0.2, 0.25) is 0 Å². The van der Waals surface area contributed by atoms with E-state index >= 15 is 0 Å². The van der Waals surface area contributed by atoms with Crippen molar-refractivity contribution in [3.63, 3.8) is 0 Å². The Bertz CT molecular complexity index is 3470. The van der Waals surface area contributed by atoms with E-state index in [2.05, 4.69) is 144 Å². The average molecular weight is 715 g/mol. The summed E-state index contributed by atoms with van der Waals surface area (Å²) in [6, 6.07) is 63.7. The molecule has 0 saturated heterocycles. The number of benzene rings is 9. The van der Waals surface area contributed by atoms with Gasteiger partial charge in [-0.15, -0.1) is 0 Å². The maximum Gasteiger partial charge on any atom is 0.164 e. The van der Waals surface area contributed by atoms with Crippen molar-refractivity contribution in [3.05, 3.63) is 182 Å². The van der Waals surface area contributed by atoms with Crippen LogP contribution in [-0.4, -0.2) is 19.5 Å². The molecule has 12 rings (SSSR count). The van der Waals surface area contributed by atoms with Crippen molar-refractivity contribution < 1.29 is 4.42 Å². The SMILES string of the molecule is c1ccc(-c2nc(-c3ccccc3)nc(-c3cccc4c5ccccc5c5cccc(-n6c7ccccc7c7c8oc9ccccc9c8ccc76)c5c34)n2)cc1. The predicted octanol–water partition coefficient (Wildman–Crippen LogP) is 13.3. The summed E-state index contributed by atoms with van der Waals surface area (Å²) in [5.41, 5.74) is 7.89. The van der Waals surface area contributed by atoms with Gasteiger partial charge in [-0.1, -0.05) is 152 Å². The number of para-hydroxylation sites is 2. The summed E-state index contributed by atoms with van der Waals surface area (Å²) in [4.78, 5) is 15.5. The number of furan rings is 1. The molecule has 0 saturated carbocycles. The van der Waals surface area contributed by atoms with Crippen molar-refractivity contribution in [2.75, 3.05) is 0 Å². The van der Waals surface area contributed by atoms with Gasteiger partial charge in [0, 0.05) is 43.6 Å². The Balaban J connectivity index is 1.24. The molecule has 0 aliphatic heterocycles. The van der Waals surface area contributed by atoms with Crippen molar-refractivity contribution >= 4 is 76.1 Å². The average Bonchev–Trinajstić information content (AvgIpc) is 3.82. The van der Waals surface area contributed by atoms with Gasteiger partial charge in [-0.05, 0) is 51.9 Å². The van der Waals surface area contributed by atoms with Gasteiger partial charge in [-0.3, -0.25) is 0 Å². The quantitative estimate of drug-likeness (QED) is 0.170. The molecule has 260 valence electrons. The normalized spacial score (nSPS) is 11.9. The first kappa shape index (κ1) is 30.8. The Labute approximate surface area is 320 Å². The number of rotatable bonds is 4. The minimum atomic E-state index is 0.626. The number of nitrogens with zero attached hydrogens (tertiary/aromatic N) is 4. The minimum absolute atomic E-state index is 0.626. The second-order valence-electron chi connectivity index (χ2n) is 14.3. The van der Waals surface area contributed by atoms with E-state index in [1.807, 2.05) is 42.5 Å². The fraction of sp³-hybridized carbons (Fsp3) is 0.